The molecule has 2 aromatic rings. The van der Waals surface area contributed by atoms with Crippen molar-refractivity contribution in [1.29, 1.82) is 0 Å². The van der Waals surface area contributed by atoms with Gasteiger partial charge in [-0.1, -0.05) is 61.2 Å². The Labute approximate surface area is 167 Å². The van der Waals surface area contributed by atoms with E-state index < -0.39 is 30.5 Å². The molecule has 1 aliphatic carbocycles. The van der Waals surface area contributed by atoms with Gasteiger partial charge in [0.05, 0.1) is 6.42 Å². The van der Waals surface area contributed by atoms with E-state index in [1.807, 2.05) is 48.5 Å². The smallest absolute Gasteiger partial charge is 0.408 e. The van der Waals surface area contributed by atoms with Crippen molar-refractivity contribution in [2.24, 2.45) is 0 Å². The molecular formula is C22H21NO6. The van der Waals surface area contributed by atoms with Crippen LogP contribution < -0.4 is 5.32 Å². The van der Waals surface area contributed by atoms with Gasteiger partial charge in [0.1, 0.15) is 19.3 Å². The number of alkyl carbamates (subject to hydrolysis) is 1. The number of carboxylic acids is 1. The van der Waals surface area contributed by atoms with Gasteiger partial charge in [0.25, 0.3) is 0 Å². The van der Waals surface area contributed by atoms with Gasteiger partial charge in [-0.3, -0.25) is 4.79 Å². The van der Waals surface area contributed by atoms with E-state index in [1.54, 1.807) is 0 Å². The highest BCUT2D eigenvalue weighted by molar-refractivity contribution is 5.86. The predicted octanol–water partition coefficient (Wildman–Crippen LogP) is 3.10. The van der Waals surface area contributed by atoms with Gasteiger partial charge in [-0.2, -0.15) is 0 Å². The maximum atomic E-state index is 12.5. The zero-order chi connectivity index (χ0) is 20.8. The van der Waals surface area contributed by atoms with Crippen LogP contribution >= 0.6 is 0 Å². The molecule has 0 aromatic heterocycles. The maximum Gasteiger partial charge on any atom is 0.408 e. The lowest BCUT2D eigenvalue weighted by molar-refractivity contribution is -0.150. The Morgan fingerprint density at radius 1 is 1.03 bits per heavy atom. The molecule has 0 spiro atoms. The molecule has 0 saturated heterocycles. The number of carbonyl (C=O) groups excluding carboxylic acids is 2. The number of carboxylic acid groups (broad SMARTS) is 1. The summed E-state index contributed by atoms with van der Waals surface area (Å²) in [6, 6.07) is 14.4. The van der Waals surface area contributed by atoms with Gasteiger partial charge in [-0.15, -0.1) is 0 Å². The number of carbonyl (C=O) groups is 3. The molecule has 150 valence electrons. The third kappa shape index (κ3) is 4.63. The monoisotopic (exact) mass is 395 g/mol. The molecule has 1 atom stereocenters. The minimum absolute atomic E-state index is 0.0341. The number of nitrogens with one attached hydrogen (secondary N) is 1. The predicted molar refractivity (Wildman–Crippen MR) is 105 cm³/mol. The SMILES string of the molecule is C=CCOC(=O)N[C@@H](CC(=O)O)C(=O)OCC1c2ccccc2-c2ccccc21. The summed E-state index contributed by atoms with van der Waals surface area (Å²) in [4.78, 5) is 35.3. The Balaban J connectivity index is 1.71. The molecule has 3 rings (SSSR count). The Kier molecular flexibility index (Phi) is 6.29. The second kappa shape index (κ2) is 9.05. The van der Waals surface area contributed by atoms with E-state index in [1.165, 1.54) is 6.08 Å². The lowest BCUT2D eigenvalue weighted by Gasteiger charge is -2.18. The van der Waals surface area contributed by atoms with Crippen LogP contribution in [0.3, 0.4) is 0 Å². The van der Waals surface area contributed by atoms with Gasteiger partial charge in [0.2, 0.25) is 0 Å². The third-order valence-corrected chi connectivity index (χ3v) is 4.64. The molecule has 1 aliphatic rings. The molecule has 0 bridgehead atoms. The van der Waals surface area contributed by atoms with Crippen LogP contribution in [0.5, 0.6) is 0 Å². The molecule has 0 saturated carbocycles. The van der Waals surface area contributed by atoms with Crippen molar-refractivity contribution in [2.45, 2.75) is 18.4 Å². The second-order valence-corrected chi connectivity index (χ2v) is 6.54. The molecule has 0 fully saturated rings. The summed E-state index contributed by atoms with van der Waals surface area (Å²) >= 11 is 0. The van der Waals surface area contributed by atoms with E-state index in [9.17, 15) is 14.4 Å². The summed E-state index contributed by atoms with van der Waals surface area (Å²) in [5.74, 6) is -2.23. The van der Waals surface area contributed by atoms with Crippen molar-refractivity contribution in [3.63, 3.8) is 0 Å². The van der Waals surface area contributed by atoms with Crippen molar-refractivity contribution < 1.29 is 29.0 Å². The molecule has 7 nitrogen and oxygen atoms in total. The van der Waals surface area contributed by atoms with E-state index in [0.29, 0.717) is 0 Å². The lowest BCUT2D eigenvalue weighted by atomic mass is 9.98. The minimum atomic E-state index is -1.35. The highest BCUT2D eigenvalue weighted by atomic mass is 16.6. The normalized spacial score (nSPS) is 13.0. The van der Waals surface area contributed by atoms with Gasteiger partial charge >= 0.3 is 18.0 Å². The van der Waals surface area contributed by atoms with Crippen molar-refractivity contribution in [2.75, 3.05) is 13.2 Å². The average Bonchev–Trinajstić information content (AvgIpc) is 3.03. The molecule has 2 aromatic carbocycles. The fraction of sp³-hybridized carbons (Fsp3) is 0.227. The number of ether oxygens (including phenoxy) is 2. The van der Waals surface area contributed by atoms with E-state index in [4.69, 9.17) is 14.6 Å². The molecule has 0 radical (unpaired) electrons. The average molecular weight is 395 g/mol. The molecular weight excluding hydrogens is 374 g/mol. The van der Waals surface area contributed by atoms with Crippen LogP contribution in [0.2, 0.25) is 0 Å². The molecule has 29 heavy (non-hydrogen) atoms. The fourth-order valence-electron chi connectivity index (χ4n) is 3.39. The third-order valence-electron chi connectivity index (χ3n) is 4.64. The van der Waals surface area contributed by atoms with Crippen LogP contribution in [0.1, 0.15) is 23.5 Å². The Morgan fingerprint density at radius 3 is 2.17 bits per heavy atom. The number of aliphatic carboxylic acids is 1. The number of hydrogen-bond acceptors (Lipinski definition) is 5. The van der Waals surface area contributed by atoms with Crippen molar-refractivity contribution >= 4 is 18.0 Å². The summed E-state index contributed by atoms with van der Waals surface area (Å²) in [7, 11) is 0. The summed E-state index contributed by atoms with van der Waals surface area (Å²) in [5, 5.41) is 11.3. The first-order valence-electron chi connectivity index (χ1n) is 9.12. The largest absolute Gasteiger partial charge is 0.481 e. The zero-order valence-corrected chi connectivity index (χ0v) is 15.7. The van der Waals surface area contributed by atoms with Crippen LogP contribution in [-0.2, 0) is 19.1 Å². The quantitative estimate of drug-likeness (QED) is 0.526. The van der Waals surface area contributed by atoms with E-state index in [0.717, 1.165) is 22.3 Å². The highest BCUT2D eigenvalue weighted by Gasteiger charge is 2.31. The van der Waals surface area contributed by atoms with Gasteiger partial charge in [0.15, 0.2) is 0 Å². The van der Waals surface area contributed by atoms with Crippen LogP contribution in [0.4, 0.5) is 4.79 Å². The number of benzene rings is 2. The minimum Gasteiger partial charge on any atom is -0.481 e. The van der Waals surface area contributed by atoms with Crippen molar-refractivity contribution in [1.82, 2.24) is 5.32 Å². The first-order chi connectivity index (χ1) is 14.0. The summed E-state index contributed by atoms with van der Waals surface area (Å²) in [5.41, 5.74) is 4.24. The van der Waals surface area contributed by atoms with Crippen LogP contribution in [-0.4, -0.2) is 42.4 Å². The lowest BCUT2D eigenvalue weighted by Crippen LogP contribution is -2.43. The first kappa shape index (κ1) is 20.1. The molecule has 0 unspecified atom stereocenters. The van der Waals surface area contributed by atoms with Crippen LogP contribution in [0.15, 0.2) is 61.2 Å². The topological polar surface area (TPSA) is 102 Å². The Hall–Kier alpha value is -3.61. The number of hydrogen-bond donors (Lipinski definition) is 2. The molecule has 1 amide bonds. The molecule has 7 heteroatoms. The Bertz CT molecular complexity index is 893. The van der Waals surface area contributed by atoms with Crippen LogP contribution in [0.25, 0.3) is 11.1 Å². The molecule has 0 aliphatic heterocycles. The van der Waals surface area contributed by atoms with Gasteiger partial charge in [0, 0.05) is 5.92 Å². The number of rotatable bonds is 8. The number of fused-ring (bicyclic) bond motifs is 3. The summed E-state index contributed by atoms with van der Waals surface area (Å²) in [6.45, 7) is 3.39. The second-order valence-electron chi connectivity index (χ2n) is 6.54. The van der Waals surface area contributed by atoms with E-state index in [2.05, 4.69) is 11.9 Å². The summed E-state index contributed by atoms with van der Waals surface area (Å²) < 4.78 is 10.2. The maximum absolute atomic E-state index is 12.5. The number of esters is 1. The first-order valence-corrected chi connectivity index (χ1v) is 9.12. The van der Waals surface area contributed by atoms with E-state index >= 15 is 0 Å². The van der Waals surface area contributed by atoms with Crippen LogP contribution in [0, 0.1) is 0 Å². The highest BCUT2D eigenvalue weighted by Crippen LogP contribution is 2.44. The van der Waals surface area contributed by atoms with Gasteiger partial charge in [-0.05, 0) is 22.3 Å². The van der Waals surface area contributed by atoms with Gasteiger partial charge < -0.3 is 19.9 Å². The van der Waals surface area contributed by atoms with Crippen molar-refractivity contribution in [3.05, 3.63) is 72.3 Å². The Morgan fingerprint density at radius 2 is 1.62 bits per heavy atom. The van der Waals surface area contributed by atoms with E-state index in [-0.39, 0.29) is 19.1 Å². The molecule has 2 N–H and O–H groups in total. The fourth-order valence-corrected chi connectivity index (χ4v) is 3.39. The molecule has 0 heterocycles. The standard InChI is InChI=1S/C22H21NO6/c1-2-11-28-22(27)23-19(12-20(24)25)21(26)29-13-18-16-9-5-3-7-14(16)15-8-4-6-10-17(15)18/h2-10,18-19H,1,11-13H2,(H,23,27)(H,24,25)/t19-/m0/s1. The van der Waals surface area contributed by atoms with Crippen molar-refractivity contribution in [3.8, 4) is 11.1 Å². The van der Waals surface area contributed by atoms with Gasteiger partial charge in [-0.25, -0.2) is 9.59 Å². The summed E-state index contributed by atoms with van der Waals surface area (Å²) in [6.07, 6.45) is -0.163. The number of amides is 1. The zero-order valence-electron chi connectivity index (χ0n) is 15.7.